The summed E-state index contributed by atoms with van der Waals surface area (Å²) in [5.74, 6) is -0.467. The van der Waals surface area contributed by atoms with Gasteiger partial charge in [0.2, 0.25) is 0 Å². The Morgan fingerprint density at radius 3 is 1.06 bits per heavy atom. The lowest BCUT2D eigenvalue weighted by atomic mass is 10.3. The Hall–Kier alpha value is -10.3. The molecule has 0 spiro atoms. The second kappa shape index (κ2) is 25.0. The highest BCUT2D eigenvalue weighted by atomic mass is 19.1. The van der Waals surface area contributed by atoms with Crippen molar-refractivity contribution in [3.05, 3.63) is 207 Å². The van der Waals surface area contributed by atoms with Crippen molar-refractivity contribution in [3.63, 3.8) is 0 Å². The van der Waals surface area contributed by atoms with Crippen LogP contribution < -0.4 is 11.5 Å². The van der Waals surface area contributed by atoms with Gasteiger partial charge >= 0.3 is 0 Å². The fourth-order valence-corrected chi connectivity index (χ4v) is 4.86. The van der Waals surface area contributed by atoms with E-state index in [-0.39, 0.29) is 17.1 Å². The van der Waals surface area contributed by atoms with Crippen LogP contribution >= 0.6 is 0 Å². The van der Waals surface area contributed by atoms with E-state index < -0.39 is 20.6 Å². The van der Waals surface area contributed by atoms with Crippen LogP contribution in [0, 0.1) is 36.2 Å². The zero-order valence-electron chi connectivity index (χ0n) is 34.6. The summed E-state index contributed by atoms with van der Waals surface area (Å²) in [6.07, 6.45) is 16.4. The molecule has 5 aromatic carbocycles. The fraction of sp³-hybridized carbons (Fsp3) is 0.0244. The molecule has 0 fully saturated rings. The Morgan fingerprint density at radius 1 is 0.448 bits per heavy atom. The largest absolute Gasteiger partial charge is 0.399 e. The second-order valence-electron chi connectivity index (χ2n) is 12.6. The Labute approximate surface area is 377 Å². The molecule has 25 nitrogen and oxygen atoms in total. The van der Waals surface area contributed by atoms with Crippen molar-refractivity contribution in [2.75, 3.05) is 18.1 Å². The van der Waals surface area contributed by atoms with Gasteiger partial charge in [-0.1, -0.05) is 10.4 Å². The van der Waals surface area contributed by atoms with Gasteiger partial charge < -0.3 is 11.5 Å². The zero-order chi connectivity index (χ0) is 47.8. The summed E-state index contributed by atoms with van der Waals surface area (Å²) in [7, 11) is 0. The number of benzene rings is 5. The van der Waals surface area contributed by atoms with Crippen molar-refractivity contribution in [1.29, 1.82) is 0 Å². The third-order valence-corrected chi connectivity index (χ3v) is 8.06. The summed E-state index contributed by atoms with van der Waals surface area (Å²) >= 11 is 0. The topological polar surface area (TPSA) is 329 Å². The molecule has 0 bridgehead atoms. The molecule has 26 heteroatoms. The lowest BCUT2D eigenvalue weighted by Crippen LogP contribution is -1.98. The molecule has 9 aromatic rings. The normalized spacial score (nSPS) is 10.5. The van der Waals surface area contributed by atoms with Crippen molar-refractivity contribution in [2.24, 2.45) is 9.98 Å². The minimum atomic E-state index is -0.570. The zero-order valence-corrected chi connectivity index (χ0v) is 34.6. The van der Waals surface area contributed by atoms with Gasteiger partial charge in [-0.05, 0) is 84.9 Å². The molecular weight excluding hydrogens is 874 g/mol. The van der Waals surface area contributed by atoms with Gasteiger partial charge in [-0.2, -0.15) is 30.0 Å². The van der Waals surface area contributed by atoms with Gasteiger partial charge in [0, 0.05) is 60.2 Å². The Balaban J connectivity index is 0.000000153. The first kappa shape index (κ1) is 47.8. The van der Waals surface area contributed by atoms with Crippen LogP contribution in [0.2, 0.25) is 0 Å². The predicted octanol–water partition coefficient (Wildman–Crippen LogP) is 5.88. The number of hydrogen-bond donors (Lipinski definition) is 2. The maximum absolute atomic E-state index is 12.1. The SMILES string of the molecule is C1=NCN=C1.Nc1ccc(-n2ccnn2)cc1.Nc1ccc(-n2nccn2)cc1.O=[N+]([O-])c1ccc(-n2ccnn2)cc1.O=[N+]([O-])c1ccc(-n2nccn2)cc1.O=[N+]([O-])c1ccc(F)cc1. The molecular formula is C41H36FN19O6. The van der Waals surface area contributed by atoms with E-state index in [1.807, 2.05) is 48.5 Å². The van der Waals surface area contributed by atoms with Gasteiger partial charge in [0.1, 0.15) is 12.5 Å². The van der Waals surface area contributed by atoms with Gasteiger partial charge in [0.25, 0.3) is 17.1 Å². The van der Waals surface area contributed by atoms with Gasteiger partial charge in [-0.25, -0.2) is 13.8 Å². The number of nitro groups is 3. The van der Waals surface area contributed by atoms with E-state index in [2.05, 4.69) is 51.0 Å². The van der Waals surface area contributed by atoms with Gasteiger partial charge in [0.15, 0.2) is 0 Å². The minimum Gasteiger partial charge on any atom is -0.399 e. The average Bonchev–Trinajstić information content (AvgIpc) is 4.21. The highest BCUT2D eigenvalue weighted by molar-refractivity contribution is 6.17. The first-order valence-corrected chi connectivity index (χ1v) is 19.0. The third-order valence-electron chi connectivity index (χ3n) is 8.06. The molecule has 1 aliphatic rings. The lowest BCUT2D eigenvalue weighted by Gasteiger charge is -1.98. The number of aliphatic imine (C=N–C) groups is 2. The molecule has 10 rings (SSSR count). The van der Waals surface area contributed by atoms with E-state index in [1.54, 1.807) is 95.7 Å². The number of nitro benzene ring substituents is 3. The summed E-state index contributed by atoms with van der Waals surface area (Å²) in [4.78, 5) is 39.7. The quantitative estimate of drug-likeness (QED) is 0.107. The molecule has 1 aliphatic heterocycles. The Bertz CT molecular complexity index is 2730. The van der Waals surface area contributed by atoms with E-state index in [0.29, 0.717) is 12.4 Å². The second-order valence-corrected chi connectivity index (χ2v) is 12.6. The molecule has 0 saturated heterocycles. The molecule has 0 atom stereocenters. The highest BCUT2D eigenvalue weighted by Gasteiger charge is 2.06. The molecule has 4 aromatic heterocycles. The third kappa shape index (κ3) is 15.9. The number of hydrogen-bond acceptors (Lipinski definition) is 18. The standard InChI is InChI=1S/2C8H6N4O2.2C8H8N4.C6H4FNO2.C3H4N2/c13-12(14)8-3-1-7(2-4-8)11-6-5-9-10-11;13-12(14)8-3-1-7(2-4-8)11-9-5-6-10-11;9-7-1-3-8(4-2-7)12-6-5-10-11-12;9-7-1-3-8(4-2-7)12-10-5-6-11-12;7-5-1-3-6(4-2-5)8(9)10;1-2-5-3-4-1/h2*1-6H;2*1-6H,9H2;1-4H;1-2H,3H2. The monoisotopic (exact) mass is 909 g/mol. The van der Waals surface area contributed by atoms with Crippen LogP contribution in [0.3, 0.4) is 0 Å². The maximum atomic E-state index is 12.1. The minimum absolute atomic E-state index is 0.0564. The number of nitrogens with zero attached hydrogens (tertiary/aromatic N) is 17. The number of rotatable bonds is 7. The van der Waals surface area contributed by atoms with Crippen LogP contribution in [0.4, 0.5) is 32.8 Å². The molecule has 0 unspecified atom stereocenters. The number of anilines is 2. The van der Waals surface area contributed by atoms with Gasteiger partial charge in [-0.15, -0.1) is 10.2 Å². The molecule has 0 saturated carbocycles. The van der Waals surface area contributed by atoms with Gasteiger partial charge in [-0.3, -0.25) is 40.3 Å². The smallest absolute Gasteiger partial charge is 0.269 e. The van der Waals surface area contributed by atoms with Crippen molar-refractivity contribution in [3.8, 4) is 22.7 Å². The van der Waals surface area contributed by atoms with Crippen molar-refractivity contribution < 1.29 is 19.2 Å². The lowest BCUT2D eigenvalue weighted by molar-refractivity contribution is -0.385. The van der Waals surface area contributed by atoms with Gasteiger partial charge in [0.05, 0.1) is 87.1 Å². The highest BCUT2D eigenvalue weighted by Crippen LogP contribution is 2.15. The van der Waals surface area contributed by atoms with Crippen LogP contribution in [-0.4, -0.2) is 93.8 Å². The molecule has 338 valence electrons. The average molecular weight is 910 g/mol. The van der Waals surface area contributed by atoms with Crippen LogP contribution in [-0.2, 0) is 0 Å². The molecule has 5 heterocycles. The van der Waals surface area contributed by atoms with Crippen LogP contribution in [0.15, 0.2) is 181 Å². The predicted molar refractivity (Wildman–Crippen MR) is 242 cm³/mol. The summed E-state index contributed by atoms with van der Waals surface area (Å²) in [5, 5.41) is 61.4. The van der Waals surface area contributed by atoms with Crippen molar-refractivity contribution in [2.45, 2.75) is 0 Å². The van der Waals surface area contributed by atoms with E-state index >= 15 is 0 Å². The van der Waals surface area contributed by atoms with E-state index in [0.717, 1.165) is 52.7 Å². The number of nitrogens with two attached hydrogens (primary N) is 2. The van der Waals surface area contributed by atoms with Crippen LogP contribution in [0.5, 0.6) is 0 Å². The number of aromatic nitrogens is 12. The Morgan fingerprint density at radius 2 is 0.761 bits per heavy atom. The fourth-order valence-electron chi connectivity index (χ4n) is 4.86. The molecule has 0 amide bonds. The molecule has 0 radical (unpaired) electrons. The number of halogens is 1. The van der Waals surface area contributed by atoms with Crippen LogP contribution in [0.1, 0.15) is 0 Å². The molecule has 4 N–H and O–H groups in total. The summed E-state index contributed by atoms with van der Waals surface area (Å²) < 4.78 is 15.3. The van der Waals surface area contributed by atoms with E-state index in [1.165, 1.54) is 33.7 Å². The van der Waals surface area contributed by atoms with E-state index in [4.69, 9.17) is 11.5 Å². The summed E-state index contributed by atoms with van der Waals surface area (Å²) in [6, 6.07) is 31.3. The molecule has 67 heavy (non-hydrogen) atoms. The maximum Gasteiger partial charge on any atom is 0.269 e. The number of non-ortho nitro benzene ring substituents is 3. The first-order chi connectivity index (χ1) is 32.5. The van der Waals surface area contributed by atoms with Crippen molar-refractivity contribution >= 4 is 40.9 Å². The summed E-state index contributed by atoms with van der Waals surface area (Å²) in [5.41, 5.74) is 15.9. The molecule has 0 aliphatic carbocycles. The van der Waals surface area contributed by atoms with E-state index in [9.17, 15) is 34.7 Å². The first-order valence-electron chi connectivity index (χ1n) is 19.0. The number of nitrogen functional groups attached to an aromatic ring is 2. The Kier molecular flexibility index (Phi) is 17.8. The van der Waals surface area contributed by atoms with Crippen LogP contribution in [0.25, 0.3) is 22.7 Å². The summed E-state index contributed by atoms with van der Waals surface area (Å²) in [6.45, 7) is 0.639. The van der Waals surface area contributed by atoms with Crippen molar-refractivity contribution in [1.82, 2.24) is 60.0 Å².